The van der Waals surface area contributed by atoms with E-state index in [9.17, 15) is 9.50 Å². The summed E-state index contributed by atoms with van der Waals surface area (Å²) in [5.74, 6) is 0.113. The first-order valence-electron chi connectivity index (χ1n) is 6.28. The molecule has 2 rings (SSSR count). The Bertz CT molecular complexity index is 383. The molecule has 1 atom stereocenters. The van der Waals surface area contributed by atoms with Crippen LogP contribution in [0.1, 0.15) is 0 Å². The molecule has 18 heavy (non-hydrogen) atoms. The number of halogens is 2. The number of piperazine rings is 1. The van der Waals surface area contributed by atoms with E-state index in [1.807, 2.05) is 12.1 Å². The molecule has 1 saturated heterocycles. The second kappa shape index (κ2) is 6.36. The largest absolute Gasteiger partial charge is 0.386 e. The Morgan fingerprint density at radius 1 is 1.33 bits per heavy atom. The van der Waals surface area contributed by atoms with Gasteiger partial charge in [-0.15, -0.1) is 11.6 Å². The zero-order chi connectivity index (χ0) is 13.0. The summed E-state index contributed by atoms with van der Waals surface area (Å²) in [5, 5.41) is 9.51. The lowest BCUT2D eigenvalue weighted by Crippen LogP contribution is -3.15. The Kier molecular flexibility index (Phi) is 4.80. The fourth-order valence-corrected chi connectivity index (χ4v) is 2.47. The van der Waals surface area contributed by atoms with Crippen LogP contribution in [0.15, 0.2) is 24.3 Å². The molecule has 2 N–H and O–H groups in total. The van der Waals surface area contributed by atoms with Gasteiger partial charge in [0, 0.05) is 0 Å². The standard InChI is InChI=1S/C13H18ClFN2O/c14-9-11(18)10-16-5-7-17(8-6-16)13-4-2-1-3-12(13)15/h1-4,11,18H,5-10H2/p+1/t11-/m1/s1. The highest BCUT2D eigenvalue weighted by Crippen LogP contribution is 2.17. The Labute approximate surface area is 112 Å². The minimum Gasteiger partial charge on any atom is -0.386 e. The number of nitrogens with zero attached hydrogens (tertiary/aromatic N) is 1. The molecule has 3 nitrogen and oxygen atoms in total. The molecule has 1 aromatic carbocycles. The highest BCUT2D eigenvalue weighted by Gasteiger charge is 2.23. The van der Waals surface area contributed by atoms with E-state index in [4.69, 9.17) is 11.6 Å². The van der Waals surface area contributed by atoms with Crippen molar-refractivity contribution in [2.75, 3.05) is 43.5 Å². The van der Waals surface area contributed by atoms with E-state index in [2.05, 4.69) is 4.90 Å². The van der Waals surface area contributed by atoms with Crippen molar-refractivity contribution in [2.45, 2.75) is 6.10 Å². The Morgan fingerprint density at radius 2 is 2.00 bits per heavy atom. The van der Waals surface area contributed by atoms with E-state index in [0.717, 1.165) is 26.2 Å². The van der Waals surface area contributed by atoms with Crippen LogP contribution < -0.4 is 9.80 Å². The number of aliphatic hydroxyl groups is 1. The summed E-state index contributed by atoms with van der Waals surface area (Å²) in [4.78, 5) is 3.39. The average Bonchev–Trinajstić information content (AvgIpc) is 2.40. The molecule has 1 aliphatic rings. The quantitative estimate of drug-likeness (QED) is 0.764. The van der Waals surface area contributed by atoms with E-state index in [1.165, 1.54) is 11.0 Å². The Morgan fingerprint density at radius 3 is 2.61 bits per heavy atom. The van der Waals surface area contributed by atoms with Crippen LogP contribution >= 0.6 is 11.6 Å². The van der Waals surface area contributed by atoms with Gasteiger partial charge in [-0.25, -0.2) is 4.39 Å². The number of quaternary nitrogens is 1. The summed E-state index contributed by atoms with van der Waals surface area (Å²) in [6.07, 6.45) is -0.443. The van der Waals surface area contributed by atoms with Crippen LogP contribution in [0.25, 0.3) is 0 Å². The zero-order valence-electron chi connectivity index (χ0n) is 10.3. The van der Waals surface area contributed by atoms with Gasteiger partial charge in [-0.1, -0.05) is 12.1 Å². The van der Waals surface area contributed by atoms with Crippen LogP contribution in [-0.2, 0) is 0 Å². The highest BCUT2D eigenvalue weighted by molar-refractivity contribution is 6.18. The second-order valence-electron chi connectivity index (χ2n) is 4.70. The molecular formula is C13H19ClFN2O+. The van der Waals surface area contributed by atoms with Crippen molar-refractivity contribution in [1.29, 1.82) is 0 Å². The smallest absolute Gasteiger partial charge is 0.146 e. The van der Waals surface area contributed by atoms with Crippen LogP contribution in [0.3, 0.4) is 0 Å². The van der Waals surface area contributed by atoms with Gasteiger partial charge in [0.05, 0.1) is 37.7 Å². The lowest BCUT2D eigenvalue weighted by atomic mass is 10.2. The number of benzene rings is 1. The summed E-state index contributed by atoms with van der Waals surface area (Å²) in [6.45, 7) is 4.11. The summed E-state index contributed by atoms with van der Waals surface area (Å²) < 4.78 is 13.6. The summed E-state index contributed by atoms with van der Waals surface area (Å²) in [5.41, 5.74) is 0.675. The molecule has 0 aliphatic carbocycles. The summed E-state index contributed by atoms with van der Waals surface area (Å²) in [6, 6.07) is 6.87. The van der Waals surface area contributed by atoms with Gasteiger partial charge in [0.25, 0.3) is 0 Å². The van der Waals surface area contributed by atoms with Crippen molar-refractivity contribution in [3.05, 3.63) is 30.1 Å². The van der Waals surface area contributed by atoms with Crippen LogP contribution in [0.5, 0.6) is 0 Å². The van der Waals surface area contributed by atoms with Crippen molar-refractivity contribution in [3.63, 3.8) is 0 Å². The summed E-state index contributed by atoms with van der Waals surface area (Å²) in [7, 11) is 0. The van der Waals surface area contributed by atoms with Gasteiger partial charge in [0.15, 0.2) is 0 Å². The van der Waals surface area contributed by atoms with E-state index >= 15 is 0 Å². The number of aliphatic hydroxyl groups excluding tert-OH is 1. The van der Waals surface area contributed by atoms with Gasteiger partial charge in [0.2, 0.25) is 0 Å². The van der Waals surface area contributed by atoms with Gasteiger partial charge in [-0.2, -0.15) is 0 Å². The van der Waals surface area contributed by atoms with Gasteiger partial charge >= 0.3 is 0 Å². The number of hydrogen-bond donors (Lipinski definition) is 2. The first-order chi connectivity index (χ1) is 8.70. The number of anilines is 1. The van der Waals surface area contributed by atoms with Gasteiger partial charge < -0.3 is 14.9 Å². The monoisotopic (exact) mass is 273 g/mol. The van der Waals surface area contributed by atoms with Crippen LogP contribution in [0.4, 0.5) is 10.1 Å². The number of para-hydroxylation sites is 1. The molecule has 1 fully saturated rings. The molecule has 0 unspecified atom stereocenters. The van der Waals surface area contributed by atoms with Crippen LogP contribution in [0.2, 0.25) is 0 Å². The topological polar surface area (TPSA) is 27.9 Å². The normalized spacial score (nSPS) is 18.9. The van der Waals surface area contributed by atoms with Crippen molar-refractivity contribution in [2.24, 2.45) is 0 Å². The second-order valence-corrected chi connectivity index (χ2v) is 5.01. The maximum absolute atomic E-state index is 13.6. The molecule has 1 aromatic rings. The minimum atomic E-state index is -0.443. The van der Waals surface area contributed by atoms with E-state index < -0.39 is 6.10 Å². The predicted octanol–water partition coefficient (Wildman–Crippen LogP) is 0.130. The fraction of sp³-hybridized carbons (Fsp3) is 0.538. The number of alkyl halides is 1. The van der Waals surface area contributed by atoms with Crippen molar-refractivity contribution in [3.8, 4) is 0 Å². The first-order valence-corrected chi connectivity index (χ1v) is 6.81. The molecule has 0 spiro atoms. The molecule has 0 saturated carbocycles. The molecule has 0 amide bonds. The lowest BCUT2D eigenvalue weighted by Gasteiger charge is -2.34. The fourth-order valence-electron chi connectivity index (χ4n) is 2.36. The molecule has 5 heteroatoms. The predicted molar refractivity (Wildman–Crippen MR) is 70.9 cm³/mol. The maximum atomic E-state index is 13.6. The van der Waals surface area contributed by atoms with E-state index in [-0.39, 0.29) is 11.7 Å². The van der Waals surface area contributed by atoms with Crippen LogP contribution in [0, 0.1) is 5.82 Å². The Hall–Kier alpha value is -0.840. The van der Waals surface area contributed by atoms with E-state index in [0.29, 0.717) is 12.2 Å². The van der Waals surface area contributed by atoms with Crippen molar-refractivity contribution in [1.82, 2.24) is 0 Å². The van der Waals surface area contributed by atoms with Gasteiger partial charge in [-0.05, 0) is 12.1 Å². The third-order valence-electron chi connectivity index (χ3n) is 3.37. The van der Waals surface area contributed by atoms with E-state index in [1.54, 1.807) is 6.07 Å². The van der Waals surface area contributed by atoms with Crippen LogP contribution in [-0.4, -0.2) is 49.8 Å². The number of nitrogens with one attached hydrogen (secondary N) is 1. The third kappa shape index (κ3) is 3.34. The third-order valence-corrected chi connectivity index (χ3v) is 3.72. The molecule has 100 valence electrons. The number of hydrogen-bond acceptors (Lipinski definition) is 2. The van der Waals surface area contributed by atoms with Crippen molar-refractivity contribution < 1.29 is 14.4 Å². The van der Waals surface area contributed by atoms with Crippen molar-refractivity contribution >= 4 is 17.3 Å². The minimum absolute atomic E-state index is 0.165. The lowest BCUT2D eigenvalue weighted by molar-refractivity contribution is -0.903. The molecule has 0 bridgehead atoms. The zero-order valence-corrected chi connectivity index (χ0v) is 11.0. The molecule has 0 radical (unpaired) electrons. The molecule has 1 aliphatic heterocycles. The first kappa shape index (κ1) is 13.6. The maximum Gasteiger partial charge on any atom is 0.146 e. The molecular weight excluding hydrogens is 255 g/mol. The van der Waals surface area contributed by atoms with Gasteiger partial charge in [-0.3, -0.25) is 0 Å². The molecule has 1 heterocycles. The SMILES string of the molecule is O[C@H](CCl)C[NH+]1CCN(c2ccccc2F)CC1. The summed E-state index contributed by atoms with van der Waals surface area (Å²) >= 11 is 5.59. The number of rotatable bonds is 4. The van der Waals surface area contributed by atoms with Gasteiger partial charge in [0.1, 0.15) is 18.5 Å². The highest BCUT2D eigenvalue weighted by atomic mass is 35.5. The Balaban J connectivity index is 1.89. The average molecular weight is 274 g/mol. The molecule has 0 aromatic heterocycles.